The lowest BCUT2D eigenvalue weighted by Crippen LogP contribution is -2.32. The second-order valence-corrected chi connectivity index (χ2v) is 6.78. The van der Waals surface area contributed by atoms with Gasteiger partial charge in [0.2, 0.25) is 0 Å². The van der Waals surface area contributed by atoms with Crippen LogP contribution in [0.4, 0.5) is 0 Å². The summed E-state index contributed by atoms with van der Waals surface area (Å²) in [6.45, 7) is 7.54. The summed E-state index contributed by atoms with van der Waals surface area (Å²) < 4.78 is 6.46. The summed E-state index contributed by atoms with van der Waals surface area (Å²) >= 11 is 3.65. The Hall–Kier alpha value is -0.580. The molecular formula is C16H25BrN2O. The molecule has 2 N–H and O–H groups in total. The Morgan fingerprint density at radius 3 is 2.75 bits per heavy atom. The number of likely N-dealkylation sites (tertiary alicyclic amines) is 1. The predicted molar refractivity (Wildman–Crippen MR) is 87.0 cm³/mol. The molecule has 0 aromatic heterocycles. The molecule has 20 heavy (non-hydrogen) atoms. The van der Waals surface area contributed by atoms with E-state index < -0.39 is 0 Å². The molecule has 1 aliphatic rings. The molecule has 1 aliphatic heterocycles. The van der Waals surface area contributed by atoms with Gasteiger partial charge in [-0.25, -0.2) is 0 Å². The van der Waals surface area contributed by atoms with Crippen molar-refractivity contribution in [3.05, 3.63) is 28.2 Å². The first-order valence-electron chi connectivity index (χ1n) is 7.34. The van der Waals surface area contributed by atoms with Crippen LogP contribution in [0.25, 0.3) is 0 Å². The third-order valence-electron chi connectivity index (χ3n) is 4.43. The topological polar surface area (TPSA) is 38.5 Å². The fourth-order valence-corrected chi connectivity index (χ4v) is 3.53. The van der Waals surface area contributed by atoms with E-state index in [0.717, 1.165) is 35.1 Å². The van der Waals surface area contributed by atoms with Gasteiger partial charge in [-0.05, 0) is 48.6 Å². The van der Waals surface area contributed by atoms with Crippen LogP contribution in [0.3, 0.4) is 0 Å². The van der Waals surface area contributed by atoms with Crippen LogP contribution in [0.5, 0.6) is 5.75 Å². The molecule has 0 spiro atoms. The predicted octanol–water partition coefficient (Wildman–Crippen LogP) is 3.44. The number of hydrogen-bond donors (Lipinski definition) is 1. The van der Waals surface area contributed by atoms with Crippen LogP contribution in [0.1, 0.15) is 31.9 Å². The highest BCUT2D eigenvalue weighted by molar-refractivity contribution is 9.10. The summed E-state index contributed by atoms with van der Waals surface area (Å²) in [5.41, 5.74) is 7.30. The van der Waals surface area contributed by atoms with Crippen molar-refractivity contribution in [1.82, 2.24) is 4.90 Å². The molecule has 0 radical (unpaired) electrons. The van der Waals surface area contributed by atoms with E-state index in [0.29, 0.717) is 6.54 Å². The quantitative estimate of drug-likeness (QED) is 0.892. The van der Waals surface area contributed by atoms with Crippen LogP contribution >= 0.6 is 15.9 Å². The fraction of sp³-hybridized carbons (Fsp3) is 0.625. The van der Waals surface area contributed by atoms with Gasteiger partial charge in [0.05, 0.1) is 7.11 Å². The molecule has 0 saturated carbocycles. The summed E-state index contributed by atoms with van der Waals surface area (Å²) in [6, 6.07) is 6.39. The van der Waals surface area contributed by atoms with E-state index in [9.17, 15) is 0 Å². The van der Waals surface area contributed by atoms with Crippen molar-refractivity contribution in [3.8, 4) is 5.75 Å². The minimum absolute atomic E-state index is 0.267. The smallest absolute Gasteiger partial charge is 0.119 e. The van der Waals surface area contributed by atoms with Gasteiger partial charge in [0, 0.05) is 23.6 Å². The van der Waals surface area contributed by atoms with Gasteiger partial charge < -0.3 is 10.5 Å². The van der Waals surface area contributed by atoms with Gasteiger partial charge in [-0.2, -0.15) is 0 Å². The summed E-state index contributed by atoms with van der Waals surface area (Å²) in [6.07, 6.45) is 1.27. The molecule has 1 saturated heterocycles. The SMILES string of the molecule is COc1ccc(Br)c(C(CN)N2CCC(C(C)C)C2)c1. The third kappa shape index (κ3) is 3.35. The molecule has 1 heterocycles. The second-order valence-electron chi connectivity index (χ2n) is 5.93. The largest absolute Gasteiger partial charge is 0.497 e. The lowest BCUT2D eigenvalue weighted by atomic mass is 9.95. The van der Waals surface area contributed by atoms with E-state index in [4.69, 9.17) is 10.5 Å². The molecule has 0 aliphatic carbocycles. The van der Waals surface area contributed by atoms with Crippen molar-refractivity contribution in [2.45, 2.75) is 26.3 Å². The zero-order valence-electron chi connectivity index (χ0n) is 12.6. The molecule has 0 bridgehead atoms. The molecule has 2 rings (SSSR count). The van der Waals surface area contributed by atoms with Crippen LogP contribution < -0.4 is 10.5 Å². The number of nitrogens with two attached hydrogens (primary N) is 1. The first kappa shape index (κ1) is 15.8. The standard InChI is InChI=1S/C16H25BrN2O/c1-11(2)12-6-7-19(10-12)16(9-18)14-8-13(20-3)4-5-15(14)17/h4-5,8,11-12,16H,6-7,9-10,18H2,1-3H3. The highest BCUT2D eigenvalue weighted by atomic mass is 79.9. The lowest BCUT2D eigenvalue weighted by molar-refractivity contribution is 0.231. The maximum atomic E-state index is 6.06. The van der Waals surface area contributed by atoms with E-state index in [1.807, 2.05) is 12.1 Å². The minimum Gasteiger partial charge on any atom is -0.497 e. The van der Waals surface area contributed by atoms with E-state index in [2.05, 4.69) is 40.7 Å². The molecule has 112 valence electrons. The first-order valence-corrected chi connectivity index (χ1v) is 8.13. The number of ether oxygens (including phenoxy) is 1. The van der Waals surface area contributed by atoms with Gasteiger partial charge in [-0.15, -0.1) is 0 Å². The number of nitrogens with zero attached hydrogens (tertiary/aromatic N) is 1. The first-order chi connectivity index (χ1) is 9.56. The monoisotopic (exact) mass is 340 g/mol. The second kappa shape index (κ2) is 6.92. The van der Waals surface area contributed by atoms with Crippen LogP contribution in [0.2, 0.25) is 0 Å². The Kier molecular flexibility index (Phi) is 5.47. The maximum Gasteiger partial charge on any atom is 0.119 e. The minimum atomic E-state index is 0.267. The van der Waals surface area contributed by atoms with Crippen molar-refractivity contribution in [1.29, 1.82) is 0 Å². The Morgan fingerprint density at radius 1 is 1.45 bits per heavy atom. The lowest BCUT2D eigenvalue weighted by Gasteiger charge is -2.28. The summed E-state index contributed by atoms with van der Waals surface area (Å²) in [5.74, 6) is 2.42. The van der Waals surface area contributed by atoms with Crippen molar-refractivity contribution in [2.24, 2.45) is 17.6 Å². The molecule has 2 unspecified atom stereocenters. The molecule has 3 nitrogen and oxygen atoms in total. The summed E-state index contributed by atoms with van der Waals surface area (Å²) in [7, 11) is 1.70. The van der Waals surface area contributed by atoms with E-state index in [-0.39, 0.29) is 6.04 Å². The Morgan fingerprint density at radius 2 is 2.20 bits per heavy atom. The van der Waals surface area contributed by atoms with Crippen molar-refractivity contribution < 1.29 is 4.74 Å². The average Bonchev–Trinajstić information content (AvgIpc) is 2.91. The number of rotatable bonds is 5. The normalized spacial score (nSPS) is 21.4. The molecular weight excluding hydrogens is 316 g/mol. The van der Waals surface area contributed by atoms with Gasteiger partial charge in [0.25, 0.3) is 0 Å². The Balaban J connectivity index is 2.20. The number of benzene rings is 1. The Labute approximate surface area is 130 Å². The Bertz CT molecular complexity index is 450. The van der Waals surface area contributed by atoms with Gasteiger partial charge in [0.15, 0.2) is 0 Å². The molecule has 1 aromatic carbocycles. The fourth-order valence-electron chi connectivity index (χ4n) is 3.02. The van der Waals surface area contributed by atoms with Gasteiger partial charge in [-0.3, -0.25) is 4.90 Å². The van der Waals surface area contributed by atoms with Gasteiger partial charge >= 0.3 is 0 Å². The van der Waals surface area contributed by atoms with Gasteiger partial charge in [0.1, 0.15) is 5.75 Å². The van der Waals surface area contributed by atoms with E-state index >= 15 is 0 Å². The highest BCUT2D eigenvalue weighted by Gasteiger charge is 2.30. The van der Waals surface area contributed by atoms with Crippen molar-refractivity contribution in [3.63, 3.8) is 0 Å². The van der Waals surface area contributed by atoms with Crippen LogP contribution in [0.15, 0.2) is 22.7 Å². The number of methoxy groups -OCH3 is 1. The van der Waals surface area contributed by atoms with Crippen LogP contribution in [-0.2, 0) is 0 Å². The van der Waals surface area contributed by atoms with E-state index in [1.54, 1.807) is 7.11 Å². The molecule has 1 fully saturated rings. The third-order valence-corrected chi connectivity index (χ3v) is 5.15. The highest BCUT2D eigenvalue weighted by Crippen LogP contribution is 2.35. The molecule has 0 amide bonds. The molecule has 1 aromatic rings. The molecule has 2 atom stereocenters. The summed E-state index contributed by atoms with van der Waals surface area (Å²) in [4.78, 5) is 2.52. The van der Waals surface area contributed by atoms with Crippen LogP contribution in [0, 0.1) is 11.8 Å². The van der Waals surface area contributed by atoms with Crippen molar-refractivity contribution >= 4 is 15.9 Å². The zero-order chi connectivity index (χ0) is 14.7. The molecule has 4 heteroatoms. The summed E-state index contributed by atoms with van der Waals surface area (Å²) in [5, 5.41) is 0. The van der Waals surface area contributed by atoms with Crippen molar-refractivity contribution in [2.75, 3.05) is 26.7 Å². The zero-order valence-corrected chi connectivity index (χ0v) is 14.2. The number of hydrogen-bond acceptors (Lipinski definition) is 3. The van der Waals surface area contributed by atoms with Gasteiger partial charge in [-0.1, -0.05) is 29.8 Å². The maximum absolute atomic E-state index is 6.06. The average molecular weight is 341 g/mol. The number of halogens is 1. The van der Waals surface area contributed by atoms with E-state index in [1.165, 1.54) is 12.0 Å². The van der Waals surface area contributed by atoms with Crippen LogP contribution in [-0.4, -0.2) is 31.6 Å².